The second-order valence-corrected chi connectivity index (χ2v) is 7.20. The molecule has 2 aromatic rings. The first-order valence-electron chi connectivity index (χ1n) is 8.50. The minimum Gasteiger partial charge on any atom is -0.459 e. The molecule has 1 N–H and O–H groups in total. The van der Waals surface area contributed by atoms with E-state index in [9.17, 15) is 0 Å². The van der Waals surface area contributed by atoms with Crippen molar-refractivity contribution in [2.75, 3.05) is 33.9 Å². The fraction of sp³-hybridized carbons (Fsp3) is 0.421. The van der Waals surface area contributed by atoms with Crippen molar-refractivity contribution in [3.05, 3.63) is 46.6 Å². The molecular weight excluding hydrogens is 382 g/mol. The number of hydrogen-bond acceptors (Lipinski definition) is 3. The van der Waals surface area contributed by atoms with Crippen molar-refractivity contribution in [3.8, 4) is 11.3 Å². The molecule has 6 heteroatoms. The minimum absolute atomic E-state index is 0.580. The maximum atomic E-state index is 5.95. The van der Waals surface area contributed by atoms with Gasteiger partial charge in [0.25, 0.3) is 0 Å². The van der Waals surface area contributed by atoms with Crippen LogP contribution < -0.4 is 5.32 Å². The largest absolute Gasteiger partial charge is 0.459 e. The predicted molar refractivity (Wildman–Crippen MR) is 104 cm³/mol. The summed E-state index contributed by atoms with van der Waals surface area (Å²) < 4.78 is 12.5. The lowest BCUT2D eigenvalue weighted by Gasteiger charge is -2.24. The summed E-state index contributed by atoms with van der Waals surface area (Å²) in [5.41, 5.74) is 1.07. The molecule has 0 amide bonds. The van der Waals surface area contributed by atoms with Crippen LogP contribution in [0.3, 0.4) is 0 Å². The Balaban J connectivity index is 1.56. The third kappa shape index (κ3) is 4.86. The summed E-state index contributed by atoms with van der Waals surface area (Å²) in [6.45, 7) is 3.27. The minimum atomic E-state index is 0.580. The van der Waals surface area contributed by atoms with Crippen molar-refractivity contribution in [3.63, 3.8) is 0 Å². The van der Waals surface area contributed by atoms with Gasteiger partial charge in [0.05, 0.1) is 13.2 Å². The number of nitrogens with one attached hydrogen (secondary N) is 1. The molecule has 1 aromatic heterocycles. The van der Waals surface area contributed by atoms with Crippen LogP contribution in [0.5, 0.6) is 0 Å². The Labute approximate surface area is 157 Å². The number of aliphatic imine (C=N–C) groups is 1. The first kappa shape index (κ1) is 18.0. The van der Waals surface area contributed by atoms with E-state index in [2.05, 4.69) is 38.2 Å². The second-order valence-electron chi connectivity index (χ2n) is 6.28. The van der Waals surface area contributed by atoms with Crippen molar-refractivity contribution in [2.45, 2.75) is 13.0 Å². The van der Waals surface area contributed by atoms with Gasteiger partial charge >= 0.3 is 0 Å². The summed E-state index contributed by atoms with van der Waals surface area (Å²) in [5.74, 6) is 3.21. The SMILES string of the molecule is CN=C(NCc1ccc(-c2ccc(Br)cc2)o1)N(C)CC1CCOC1. The Morgan fingerprint density at radius 1 is 1.28 bits per heavy atom. The molecule has 0 radical (unpaired) electrons. The number of hydrogen-bond donors (Lipinski definition) is 1. The van der Waals surface area contributed by atoms with Gasteiger partial charge in [-0.1, -0.05) is 28.1 Å². The highest BCUT2D eigenvalue weighted by molar-refractivity contribution is 9.10. The Kier molecular flexibility index (Phi) is 6.15. The summed E-state index contributed by atoms with van der Waals surface area (Å²) >= 11 is 3.45. The van der Waals surface area contributed by atoms with Crippen molar-refractivity contribution in [1.82, 2.24) is 10.2 Å². The summed E-state index contributed by atoms with van der Waals surface area (Å²) in [4.78, 5) is 6.51. The van der Waals surface area contributed by atoms with E-state index in [4.69, 9.17) is 9.15 Å². The quantitative estimate of drug-likeness (QED) is 0.607. The average Bonchev–Trinajstić information content (AvgIpc) is 3.28. The third-order valence-electron chi connectivity index (χ3n) is 4.34. The molecule has 134 valence electrons. The molecule has 1 aromatic carbocycles. The van der Waals surface area contributed by atoms with Crippen molar-refractivity contribution in [1.29, 1.82) is 0 Å². The van der Waals surface area contributed by atoms with Crippen molar-refractivity contribution in [2.24, 2.45) is 10.9 Å². The Bertz CT molecular complexity index is 706. The molecular formula is C19H24BrN3O2. The molecule has 0 aliphatic carbocycles. The van der Waals surface area contributed by atoms with Gasteiger partial charge in [-0.25, -0.2) is 0 Å². The molecule has 1 unspecified atom stereocenters. The molecule has 0 bridgehead atoms. The van der Waals surface area contributed by atoms with Crippen LogP contribution in [-0.2, 0) is 11.3 Å². The highest BCUT2D eigenvalue weighted by Gasteiger charge is 2.19. The Hall–Kier alpha value is -1.79. The normalized spacial score (nSPS) is 17.7. The zero-order valence-corrected chi connectivity index (χ0v) is 16.3. The van der Waals surface area contributed by atoms with Crippen LogP contribution in [0.2, 0.25) is 0 Å². The van der Waals surface area contributed by atoms with Crippen LogP contribution in [0.25, 0.3) is 11.3 Å². The maximum absolute atomic E-state index is 5.95. The molecule has 1 atom stereocenters. The van der Waals surface area contributed by atoms with Crippen molar-refractivity contribution < 1.29 is 9.15 Å². The van der Waals surface area contributed by atoms with Crippen LogP contribution in [-0.4, -0.2) is 44.7 Å². The second kappa shape index (κ2) is 8.54. The molecule has 0 spiro atoms. The van der Waals surface area contributed by atoms with Gasteiger partial charge in [0.2, 0.25) is 0 Å². The van der Waals surface area contributed by atoms with Crippen LogP contribution in [0.4, 0.5) is 0 Å². The van der Waals surface area contributed by atoms with E-state index in [1.54, 1.807) is 7.05 Å². The monoisotopic (exact) mass is 405 g/mol. The van der Waals surface area contributed by atoms with E-state index in [1.807, 2.05) is 36.4 Å². The van der Waals surface area contributed by atoms with Crippen molar-refractivity contribution >= 4 is 21.9 Å². The Morgan fingerprint density at radius 3 is 2.76 bits per heavy atom. The molecule has 5 nitrogen and oxygen atoms in total. The number of guanidine groups is 1. The van der Waals surface area contributed by atoms with E-state index in [1.165, 1.54) is 0 Å². The van der Waals surface area contributed by atoms with E-state index in [0.29, 0.717) is 12.5 Å². The van der Waals surface area contributed by atoms with Gasteiger partial charge in [-0.15, -0.1) is 0 Å². The Morgan fingerprint density at radius 2 is 2.08 bits per heavy atom. The first-order valence-corrected chi connectivity index (χ1v) is 9.29. The number of furan rings is 1. The lowest BCUT2D eigenvalue weighted by molar-refractivity contribution is 0.181. The zero-order chi connectivity index (χ0) is 17.6. The van der Waals surface area contributed by atoms with E-state index in [0.717, 1.165) is 53.7 Å². The molecule has 1 saturated heterocycles. The van der Waals surface area contributed by atoms with Gasteiger partial charge in [0.1, 0.15) is 11.5 Å². The van der Waals surface area contributed by atoms with Crippen LogP contribution in [0, 0.1) is 5.92 Å². The standard InChI is InChI=1S/C19H24BrN3O2/c1-21-19(23(2)12-14-9-10-24-13-14)22-11-17-7-8-18(25-17)15-3-5-16(20)6-4-15/h3-8,14H,9-13H2,1-2H3,(H,21,22). The summed E-state index contributed by atoms with van der Waals surface area (Å²) in [5, 5.41) is 3.37. The molecule has 1 aliphatic heterocycles. The first-order chi connectivity index (χ1) is 12.2. The van der Waals surface area contributed by atoms with Gasteiger partial charge in [0.15, 0.2) is 5.96 Å². The van der Waals surface area contributed by atoms with Gasteiger partial charge in [-0.2, -0.15) is 0 Å². The number of rotatable bonds is 5. The predicted octanol–water partition coefficient (Wildman–Crippen LogP) is 3.75. The van der Waals surface area contributed by atoms with E-state index < -0.39 is 0 Å². The fourth-order valence-corrected chi connectivity index (χ4v) is 3.26. The molecule has 1 fully saturated rings. The number of benzene rings is 1. The number of halogens is 1. The summed E-state index contributed by atoms with van der Waals surface area (Å²) in [6, 6.07) is 12.1. The summed E-state index contributed by atoms with van der Waals surface area (Å²) in [7, 11) is 3.86. The average molecular weight is 406 g/mol. The molecule has 25 heavy (non-hydrogen) atoms. The van der Waals surface area contributed by atoms with Gasteiger partial charge in [-0.05, 0) is 30.7 Å². The summed E-state index contributed by atoms with van der Waals surface area (Å²) in [6.07, 6.45) is 1.12. The number of nitrogens with zero attached hydrogens (tertiary/aromatic N) is 2. The van der Waals surface area contributed by atoms with E-state index in [-0.39, 0.29) is 0 Å². The number of ether oxygens (including phenoxy) is 1. The maximum Gasteiger partial charge on any atom is 0.193 e. The fourth-order valence-electron chi connectivity index (χ4n) is 2.99. The van der Waals surface area contributed by atoms with E-state index >= 15 is 0 Å². The third-order valence-corrected chi connectivity index (χ3v) is 4.87. The zero-order valence-electron chi connectivity index (χ0n) is 14.7. The highest BCUT2D eigenvalue weighted by atomic mass is 79.9. The smallest absolute Gasteiger partial charge is 0.193 e. The van der Waals surface area contributed by atoms with Gasteiger partial charge in [-0.3, -0.25) is 4.99 Å². The molecule has 2 heterocycles. The lowest BCUT2D eigenvalue weighted by Crippen LogP contribution is -2.41. The highest BCUT2D eigenvalue weighted by Crippen LogP contribution is 2.24. The van der Waals surface area contributed by atoms with Gasteiger partial charge in [0, 0.05) is 43.2 Å². The lowest BCUT2D eigenvalue weighted by atomic mass is 10.1. The van der Waals surface area contributed by atoms with Crippen LogP contribution in [0.15, 0.2) is 50.3 Å². The van der Waals surface area contributed by atoms with Crippen LogP contribution >= 0.6 is 15.9 Å². The topological polar surface area (TPSA) is 50.0 Å². The molecule has 0 saturated carbocycles. The molecule has 3 rings (SSSR count). The van der Waals surface area contributed by atoms with Crippen LogP contribution in [0.1, 0.15) is 12.2 Å². The van der Waals surface area contributed by atoms with Gasteiger partial charge < -0.3 is 19.4 Å². The molecule has 1 aliphatic rings.